The number of aryl methyl sites for hydroxylation is 1. The van der Waals surface area contributed by atoms with Crippen molar-refractivity contribution in [3.8, 4) is 0 Å². The summed E-state index contributed by atoms with van der Waals surface area (Å²) in [5, 5.41) is 14.0. The summed E-state index contributed by atoms with van der Waals surface area (Å²) in [6, 6.07) is 7.33. The molecule has 0 aliphatic heterocycles. The van der Waals surface area contributed by atoms with E-state index in [1.807, 2.05) is 6.92 Å². The lowest BCUT2D eigenvalue weighted by molar-refractivity contribution is -0.384. The molecule has 0 unspecified atom stereocenters. The third kappa shape index (κ3) is 3.71. The lowest BCUT2D eigenvalue weighted by atomic mass is 10.1. The third-order valence-electron chi connectivity index (χ3n) is 2.98. The van der Waals surface area contributed by atoms with E-state index in [4.69, 9.17) is 11.6 Å². The molecule has 2 rings (SSSR count). The SMILES string of the molecule is Cc1cc(Br)c(F)cc1NCc1ccc([N+](=O)[O-])cc1Cl. The fraction of sp³-hybridized carbons (Fsp3) is 0.143. The van der Waals surface area contributed by atoms with Crippen molar-refractivity contribution in [1.29, 1.82) is 0 Å². The zero-order chi connectivity index (χ0) is 15.6. The zero-order valence-electron chi connectivity index (χ0n) is 11.0. The monoisotopic (exact) mass is 372 g/mol. The number of non-ortho nitro benzene ring substituents is 1. The summed E-state index contributed by atoms with van der Waals surface area (Å²) in [6.45, 7) is 2.20. The van der Waals surface area contributed by atoms with Crippen LogP contribution in [-0.2, 0) is 6.54 Å². The summed E-state index contributed by atoms with van der Waals surface area (Å²) in [4.78, 5) is 10.1. The lowest BCUT2D eigenvalue weighted by Gasteiger charge is -2.11. The van der Waals surface area contributed by atoms with Crippen molar-refractivity contribution < 1.29 is 9.31 Å². The van der Waals surface area contributed by atoms with Crippen molar-refractivity contribution in [2.75, 3.05) is 5.32 Å². The normalized spacial score (nSPS) is 10.5. The highest BCUT2D eigenvalue weighted by atomic mass is 79.9. The molecule has 0 saturated carbocycles. The van der Waals surface area contributed by atoms with E-state index >= 15 is 0 Å². The number of halogens is 3. The topological polar surface area (TPSA) is 55.2 Å². The van der Waals surface area contributed by atoms with E-state index in [0.717, 1.165) is 5.56 Å². The number of nitro benzene ring substituents is 1. The number of rotatable bonds is 4. The molecule has 0 saturated heterocycles. The Hall–Kier alpha value is -1.66. The van der Waals surface area contributed by atoms with Crippen molar-refractivity contribution in [3.63, 3.8) is 0 Å². The van der Waals surface area contributed by atoms with E-state index in [9.17, 15) is 14.5 Å². The van der Waals surface area contributed by atoms with Crippen LogP contribution in [0.3, 0.4) is 0 Å². The maximum atomic E-state index is 13.5. The van der Waals surface area contributed by atoms with E-state index in [0.29, 0.717) is 27.3 Å². The van der Waals surface area contributed by atoms with E-state index in [1.54, 1.807) is 12.1 Å². The summed E-state index contributed by atoms with van der Waals surface area (Å²) < 4.78 is 13.9. The number of nitrogens with one attached hydrogen (secondary N) is 1. The maximum absolute atomic E-state index is 13.5. The van der Waals surface area contributed by atoms with Gasteiger partial charge in [-0.25, -0.2) is 4.39 Å². The number of hydrogen-bond donors (Lipinski definition) is 1. The summed E-state index contributed by atoms with van der Waals surface area (Å²) in [5.41, 5.74) is 2.16. The first kappa shape index (κ1) is 15.7. The second-order valence-corrected chi connectivity index (χ2v) is 5.73. The van der Waals surface area contributed by atoms with Crippen LogP contribution >= 0.6 is 27.5 Å². The van der Waals surface area contributed by atoms with Gasteiger partial charge in [0.25, 0.3) is 5.69 Å². The van der Waals surface area contributed by atoms with Gasteiger partial charge in [0.05, 0.1) is 14.4 Å². The van der Waals surface area contributed by atoms with Gasteiger partial charge in [-0.15, -0.1) is 0 Å². The van der Waals surface area contributed by atoms with Gasteiger partial charge in [-0.05, 0) is 52.2 Å². The second kappa shape index (κ2) is 6.41. The third-order valence-corrected chi connectivity index (χ3v) is 3.94. The van der Waals surface area contributed by atoms with Gasteiger partial charge in [0, 0.05) is 24.4 Å². The predicted octanol–water partition coefficient (Wildman–Crippen LogP) is 5.07. The first-order valence-corrected chi connectivity index (χ1v) is 7.18. The highest BCUT2D eigenvalue weighted by molar-refractivity contribution is 9.10. The fourth-order valence-corrected chi connectivity index (χ4v) is 2.52. The lowest BCUT2D eigenvalue weighted by Crippen LogP contribution is -2.03. The summed E-state index contributed by atoms with van der Waals surface area (Å²) in [6.07, 6.45) is 0. The van der Waals surface area contributed by atoms with E-state index in [2.05, 4.69) is 21.2 Å². The molecule has 0 amide bonds. The van der Waals surface area contributed by atoms with E-state index < -0.39 is 4.92 Å². The molecule has 0 aliphatic rings. The molecule has 21 heavy (non-hydrogen) atoms. The van der Waals surface area contributed by atoms with Crippen LogP contribution in [0.25, 0.3) is 0 Å². The second-order valence-electron chi connectivity index (χ2n) is 4.47. The Bertz CT molecular complexity index is 710. The molecule has 0 radical (unpaired) electrons. The van der Waals surface area contributed by atoms with Gasteiger partial charge >= 0.3 is 0 Å². The molecule has 0 aliphatic carbocycles. The highest BCUT2D eigenvalue weighted by Gasteiger charge is 2.10. The standard InChI is InChI=1S/C14H11BrClFN2O2/c1-8-4-11(15)13(17)6-14(8)18-7-9-2-3-10(19(20)21)5-12(9)16/h2-6,18H,7H2,1H3. The van der Waals surface area contributed by atoms with Gasteiger partial charge < -0.3 is 5.32 Å². The van der Waals surface area contributed by atoms with Crippen molar-refractivity contribution in [2.45, 2.75) is 13.5 Å². The summed E-state index contributed by atoms with van der Waals surface area (Å²) in [5.74, 6) is -0.363. The van der Waals surface area contributed by atoms with Crippen molar-refractivity contribution >= 4 is 38.9 Å². The van der Waals surface area contributed by atoms with Crippen LogP contribution in [0.15, 0.2) is 34.8 Å². The van der Waals surface area contributed by atoms with Gasteiger partial charge in [0.1, 0.15) is 5.82 Å². The molecule has 7 heteroatoms. The largest absolute Gasteiger partial charge is 0.381 e. The smallest absolute Gasteiger partial charge is 0.270 e. The van der Waals surface area contributed by atoms with Crippen LogP contribution in [0.1, 0.15) is 11.1 Å². The van der Waals surface area contributed by atoms with Gasteiger partial charge in [0.15, 0.2) is 0 Å². The minimum atomic E-state index is -0.503. The van der Waals surface area contributed by atoms with Crippen molar-refractivity contribution in [1.82, 2.24) is 0 Å². The molecular formula is C14H11BrClFN2O2. The Morgan fingerprint density at radius 3 is 2.71 bits per heavy atom. The minimum Gasteiger partial charge on any atom is -0.381 e. The average molecular weight is 374 g/mol. The number of nitro groups is 1. The number of benzene rings is 2. The molecule has 2 aromatic rings. The summed E-state index contributed by atoms with van der Waals surface area (Å²) in [7, 11) is 0. The van der Waals surface area contributed by atoms with Crippen LogP contribution in [0.5, 0.6) is 0 Å². The molecule has 0 atom stereocenters. The van der Waals surface area contributed by atoms with Crippen molar-refractivity contribution in [2.24, 2.45) is 0 Å². The Kier molecular flexibility index (Phi) is 4.80. The molecule has 0 heterocycles. The molecule has 0 aromatic heterocycles. The molecule has 0 bridgehead atoms. The molecule has 4 nitrogen and oxygen atoms in total. The fourth-order valence-electron chi connectivity index (χ4n) is 1.82. The Morgan fingerprint density at radius 1 is 1.38 bits per heavy atom. The number of anilines is 1. The molecule has 0 fully saturated rings. The van der Waals surface area contributed by atoms with Crippen LogP contribution < -0.4 is 5.32 Å². The first-order chi connectivity index (χ1) is 9.88. The number of nitrogens with zero attached hydrogens (tertiary/aromatic N) is 1. The quantitative estimate of drug-likeness (QED) is 0.601. The minimum absolute atomic E-state index is 0.0605. The molecular weight excluding hydrogens is 363 g/mol. The Labute approximate surface area is 134 Å². The van der Waals surface area contributed by atoms with Crippen LogP contribution in [-0.4, -0.2) is 4.92 Å². The van der Waals surface area contributed by atoms with Gasteiger partial charge in [-0.2, -0.15) is 0 Å². The van der Waals surface area contributed by atoms with Gasteiger partial charge in [-0.3, -0.25) is 10.1 Å². The zero-order valence-corrected chi connectivity index (χ0v) is 13.3. The molecule has 0 spiro atoms. The van der Waals surface area contributed by atoms with Crippen LogP contribution in [0, 0.1) is 22.9 Å². The van der Waals surface area contributed by atoms with E-state index in [1.165, 1.54) is 18.2 Å². The Morgan fingerprint density at radius 2 is 2.10 bits per heavy atom. The number of hydrogen-bond acceptors (Lipinski definition) is 3. The van der Waals surface area contributed by atoms with Gasteiger partial charge in [0.2, 0.25) is 0 Å². The summed E-state index contributed by atoms with van der Waals surface area (Å²) >= 11 is 9.13. The van der Waals surface area contributed by atoms with Crippen LogP contribution in [0.4, 0.5) is 15.8 Å². The Balaban J connectivity index is 2.17. The maximum Gasteiger partial charge on any atom is 0.270 e. The first-order valence-electron chi connectivity index (χ1n) is 6.01. The molecule has 1 N–H and O–H groups in total. The predicted molar refractivity (Wildman–Crippen MR) is 84.3 cm³/mol. The van der Waals surface area contributed by atoms with Crippen LogP contribution in [0.2, 0.25) is 5.02 Å². The van der Waals surface area contributed by atoms with E-state index in [-0.39, 0.29) is 11.5 Å². The average Bonchev–Trinajstić information content (AvgIpc) is 2.42. The van der Waals surface area contributed by atoms with Crippen molar-refractivity contribution in [3.05, 3.63) is 66.9 Å². The van der Waals surface area contributed by atoms with Gasteiger partial charge in [-0.1, -0.05) is 11.6 Å². The molecule has 2 aromatic carbocycles. The molecule has 110 valence electrons. The highest BCUT2D eigenvalue weighted by Crippen LogP contribution is 2.26.